The van der Waals surface area contributed by atoms with Crippen LogP contribution in [0.3, 0.4) is 0 Å². The van der Waals surface area contributed by atoms with Crippen molar-refractivity contribution in [1.82, 2.24) is 14.8 Å². The third kappa shape index (κ3) is 9.26. The van der Waals surface area contributed by atoms with Gasteiger partial charge in [0.1, 0.15) is 17.2 Å². The third-order valence-electron chi connectivity index (χ3n) is 9.65. The van der Waals surface area contributed by atoms with E-state index in [1.807, 2.05) is 27.7 Å². The van der Waals surface area contributed by atoms with Gasteiger partial charge < -0.3 is 34.5 Å². The molecule has 0 bridgehead atoms. The van der Waals surface area contributed by atoms with Crippen molar-refractivity contribution in [3.05, 3.63) is 78.5 Å². The first kappa shape index (κ1) is 37.6. The van der Waals surface area contributed by atoms with Crippen LogP contribution in [0.4, 0.5) is 25.0 Å². The highest BCUT2D eigenvalue weighted by Gasteiger charge is 2.57. The lowest BCUT2D eigenvalue weighted by atomic mass is 10.0. The molecule has 1 saturated heterocycles. The topological polar surface area (TPSA) is 114 Å². The van der Waals surface area contributed by atoms with Crippen LogP contribution >= 0.6 is 0 Å². The Labute approximate surface area is 308 Å². The van der Waals surface area contributed by atoms with E-state index in [1.165, 1.54) is 36.4 Å². The maximum Gasteiger partial charge on any atom is 0.410 e. The maximum atomic E-state index is 15.4. The summed E-state index contributed by atoms with van der Waals surface area (Å²) in [7, 11) is 1.55. The summed E-state index contributed by atoms with van der Waals surface area (Å²) in [5, 5.41) is 6.70. The molecule has 3 aromatic carbocycles. The fraction of sp³-hybridized carbons (Fsp3) is 0.425. The molecule has 0 unspecified atom stereocenters. The quantitative estimate of drug-likeness (QED) is 0.134. The molecule has 2 fully saturated rings. The van der Waals surface area contributed by atoms with Gasteiger partial charge in [0.15, 0.2) is 23.1 Å². The van der Waals surface area contributed by atoms with E-state index in [2.05, 4.69) is 20.5 Å². The number of rotatable bonds is 13. The average molecular weight is 732 g/mol. The Kier molecular flexibility index (Phi) is 11.2. The molecule has 1 aliphatic heterocycles. The smallest absolute Gasteiger partial charge is 0.410 e. The molecule has 1 aromatic heterocycles. The summed E-state index contributed by atoms with van der Waals surface area (Å²) in [6, 6.07) is 15.4. The first-order valence-electron chi connectivity index (χ1n) is 17.9. The molecular formula is C40H47F2N5O6. The minimum Gasteiger partial charge on any atom is -0.493 e. The lowest BCUT2D eigenvalue weighted by molar-refractivity contribution is -0.121. The van der Waals surface area contributed by atoms with Gasteiger partial charge in [0, 0.05) is 74.4 Å². The monoisotopic (exact) mass is 731 g/mol. The number of nitrogens with one attached hydrogen (secondary N) is 2. The van der Waals surface area contributed by atoms with Crippen molar-refractivity contribution in [1.29, 1.82) is 0 Å². The van der Waals surface area contributed by atoms with Gasteiger partial charge in [0.2, 0.25) is 5.91 Å². The number of nitrogens with zero attached hydrogens (tertiary/aromatic N) is 3. The summed E-state index contributed by atoms with van der Waals surface area (Å²) in [5.41, 5.74) is 0.456. The average Bonchev–Trinajstić information content (AvgIpc) is 3.80. The molecule has 53 heavy (non-hydrogen) atoms. The molecule has 2 aliphatic rings. The summed E-state index contributed by atoms with van der Waals surface area (Å²) in [4.78, 5) is 34.0. The van der Waals surface area contributed by atoms with Crippen LogP contribution in [0.15, 0.2) is 66.9 Å². The molecule has 2 N–H and O–H groups in total. The normalized spacial score (nSPS) is 18.7. The molecule has 4 aromatic rings. The number of hydrogen-bond acceptors (Lipinski definition) is 9. The number of pyridine rings is 1. The van der Waals surface area contributed by atoms with Crippen LogP contribution in [0.1, 0.15) is 40.5 Å². The fourth-order valence-corrected chi connectivity index (χ4v) is 6.43. The molecular weight excluding hydrogens is 684 g/mol. The first-order valence-corrected chi connectivity index (χ1v) is 17.9. The number of aromatic nitrogens is 1. The Morgan fingerprint density at radius 1 is 0.925 bits per heavy atom. The zero-order valence-electron chi connectivity index (χ0n) is 30.8. The highest BCUT2D eigenvalue weighted by Crippen LogP contribution is 2.53. The van der Waals surface area contributed by atoms with Gasteiger partial charge in [-0.15, -0.1) is 0 Å². The number of fused-ring (bicyclic) bond motifs is 1. The van der Waals surface area contributed by atoms with E-state index < -0.39 is 16.8 Å². The summed E-state index contributed by atoms with van der Waals surface area (Å²) in [6.45, 7) is 12.0. The van der Waals surface area contributed by atoms with E-state index in [0.29, 0.717) is 72.2 Å². The van der Waals surface area contributed by atoms with Crippen LogP contribution in [-0.4, -0.2) is 85.4 Å². The lowest BCUT2D eigenvalue weighted by Crippen LogP contribution is -2.50. The zero-order chi connectivity index (χ0) is 37.8. The molecule has 0 radical (unpaired) electrons. The van der Waals surface area contributed by atoms with Crippen molar-refractivity contribution in [2.45, 2.75) is 46.1 Å². The Balaban J connectivity index is 1.03. The number of amides is 2. The molecule has 13 heteroatoms. The van der Waals surface area contributed by atoms with Gasteiger partial charge in [-0.3, -0.25) is 14.7 Å². The minimum absolute atomic E-state index is 0.0258. The highest BCUT2D eigenvalue weighted by molar-refractivity contribution is 5.98. The van der Waals surface area contributed by atoms with E-state index in [9.17, 15) is 14.0 Å². The van der Waals surface area contributed by atoms with E-state index in [-0.39, 0.29) is 29.5 Å². The van der Waals surface area contributed by atoms with Crippen LogP contribution in [0.25, 0.3) is 10.9 Å². The van der Waals surface area contributed by atoms with E-state index in [4.69, 9.17) is 18.9 Å². The van der Waals surface area contributed by atoms with Crippen molar-refractivity contribution >= 4 is 34.3 Å². The number of hydrogen-bond donors (Lipinski definition) is 2. The molecule has 2 heterocycles. The molecule has 1 saturated carbocycles. The lowest BCUT2D eigenvalue weighted by Gasteiger charge is -2.35. The van der Waals surface area contributed by atoms with Gasteiger partial charge in [-0.1, -0.05) is 6.92 Å². The Morgan fingerprint density at radius 2 is 1.64 bits per heavy atom. The minimum atomic E-state index is -0.655. The van der Waals surface area contributed by atoms with Crippen molar-refractivity contribution in [2.75, 3.05) is 63.6 Å². The fourth-order valence-electron chi connectivity index (χ4n) is 6.43. The number of carbonyl (C=O) groups is 2. The predicted octanol–water partition coefficient (Wildman–Crippen LogP) is 7.71. The van der Waals surface area contributed by atoms with Crippen molar-refractivity contribution in [3.63, 3.8) is 0 Å². The molecule has 11 nitrogen and oxygen atoms in total. The predicted molar refractivity (Wildman–Crippen MR) is 199 cm³/mol. The number of methoxy groups -OCH3 is 1. The molecule has 282 valence electrons. The number of carbonyl (C=O) groups excluding carboxylic acids is 2. The Morgan fingerprint density at radius 3 is 2.30 bits per heavy atom. The van der Waals surface area contributed by atoms with Crippen LogP contribution in [0.5, 0.6) is 23.0 Å². The molecule has 2 amide bonds. The first-order chi connectivity index (χ1) is 25.3. The molecule has 6 rings (SSSR count). The van der Waals surface area contributed by atoms with Gasteiger partial charge in [-0.05, 0) is 88.1 Å². The molecule has 2 atom stereocenters. The second kappa shape index (κ2) is 15.8. The van der Waals surface area contributed by atoms with Gasteiger partial charge in [0.05, 0.1) is 24.6 Å². The summed E-state index contributed by atoms with van der Waals surface area (Å²) >= 11 is 0. The highest BCUT2D eigenvalue weighted by atomic mass is 19.1. The number of benzene rings is 3. The Bertz CT molecular complexity index is 1930. The van der Waals surface area contributed by atoms with Crippen LogP contribution in [0, 0.1) is 23.0 Å². The second-order valence-electron chi connectivity index (χ2n) is 14.7. The van der Waals surface area contributed by atoms with Crippen LogP contribution < -0.4 is 24.8 Å². The molecule has 0 spiro atoms. The van der Waals surface area contributed by atoms with E-state index in [1.54, 1.807) is 42.5 Å². The zero-order valence-corrected chi connectivity index (χ0v) is 30.8. The van der Waals surface area contributed by atoms with Gasteiger partial charge >= 0.3 is 6.09 Å². The number of ether oxygens (including phenoxy) is 4. The number of anilines is 2. The van der Waals surface area contributed by atoms with E-state index in [0.717, 1.165) is 26.1 Å². The standard InChI is InChI=1S/C40H47F2N5O6/c1-26-24-40(26,37(48)45-28-9-7-27(41)8-10-28)25-44-29-11-12-34(31(42)21-29)52-33-13-14-43-32-23-36(35(50-5)22-30(32)33)51-20-6-15-46-16-18-47(19-17-46)38(49)53-39(2,3)4/h7-14,21-23,26,44H,6,15-20,24-25H2,1-5H3,(H,45,48)/t26-,40-/m1/s1. The summed E-state index contributed by atoms with van der Waals surface area (Å²) in [5.74, 6) is 0.467. The third-order valence-corrected chi connectivity index (χ3v) is 9.65. The largest absolute Gasteiger partial charge is 0.493 e. The van der Waals surface area contributed by atoms with Crippen LogP contribution in [-0.2, 0) is 9.53 Å². The van der Waals surface area contributed by atoms with E-state index >= 15 is 4.39 Å². The SMILES string of the molecule is COc1cc2c(Oc3ccc(NC[C@]4(C(=O)Nc5ccc(F)cc5)C[C@H]4C)cc3F)ccnc2cc1OCCCN1CCN(C(=O)OC(C)(C)C)CC1. The van der Waals surface area contributed by atoms with Crippen molar-refractivity contribution < 1.29 is 37.3 Å². The van der Waals surface area contributed by atoms with Gasteiger partial charge in [0.25, 0.3) is 0 Å². The van der Waals surface area contributed by atoms with Crippen molar-refractivity contribution in [2.24, 2.45) is 11.3 Å². The van der Waals surface area contributed by atoms with Gasteiger partial charge in [-0.25, -0.2) is 13.6 Å². The maximum absolute atomic E-state index is 15.4. The summed E-state index contributed by atoms with van der Waals surface area (Å²) in [6.07, 6.45) is 2.77. The Hall–Kier alpha value is -5.17. The van der Waals surface area contributed by atoms with Crippen molar-refractivity contribution in [3.8, 4) is 23.0 Å². The molecule has 1 aliphatic carbocycles. The van der Waals surface area contributed by atoms with Crippen LogP contribution in [0.2, 0.25) is 0 Å². The summed E-state index contributed by atoms with van der Waals surface area (Å²) < 4.78 is 52.0. The number of halogens is 2. The second-order valence-corrected chi connectivity index (χ2v) is 14.7. The van der Waals surface area contributed by atoms with Gasteiger partial charge in [-0.2, -0.15) is 0 Å². The number of piperazine rings is 1.